The third-order valence-corrected chi connectivity index (χ3v) is 7.62. The molecule has 0 bridgehead atoms. The lowest BCUT2D eigenvalue weighted by Crippen LogP contribution is -2.58. The van der Waals surface area contributed by atoms with Crippen LogP contribution in [0.4, 0.5) is 0 Å². The molecule has 3 aromatic rings. The predicted octanol–water partition coefficient (Wildman–Crippen LogP) is 1.14. The molecule has 13 nitrogen and oxygen atoms in total. The zero-order valence-electron chi connectivity index (χ0n) is 24.1. The average molecular weight is 628 g/mol. The average Bonchev–Trinajstić information content (AvgIpc) is 3.40. The molecule has 2 aromatic carbocycles. The van der Waals surface area contributed by atoms with Crippen molar-refractivity contribution in [2.45, 2.75) is 56.3 Å². The number of carbonyl (C=O) groups excluding carboxylic acids is 3. The highest BCUT2D eigenvalue weighted by Crippen LogP contribution is 2.19. The number of aromatic nitrogens is 1. The molecule has 14 heteroatoms. The number of hydrogen-bond donors (Lipinski definition) is 8. The number of phenols is 1. The molecule has 0 saturated heterocycles. The van der Waals surface area contributed by atoms with E-state index in [0.717, 1.165) is 10.9 Å². The summed E-state index contributed by atoms with van der Waals surface area (Å²) in [5.74, 6) is -4.05. The number of aromatic hydroxyl groups is 1. The van der Waals surface area contributed by atoms with Gasteiger partial charge < -0.3 is 42.0 Å². The summed E-state index contributed by atoms with van der Waals surface area (Å²) in [4.78, 5) is 65.9. The number of nitrogens with one attached hydrogen (secondary N) is 4. The van der Waals surface area contributed by atoms with E-state index in [2.05, 4.69) is 20.9 Å². The molecule has 3 amide bonds. The second-order valence-electron chi connectivity index (χ2n) is 10.3. The number of carboxylic acid groups (broad SMARTS) is 2. The van der Waals surface area contributed by atoms with Crippen molar-refractivity contribution < 1.29 is 39.3 Å². The fraction of sp³-hybridized carbons (Fsp3) is 0.367. The molecule has 0 aliphatic rings. The van der Waals surface area contributed by atoms with Gasteiger partial charge in [-0.1, -0.05) is 30.3 Å². The summed E-state index contributed by atoms with van der Waals surface area (Å²) >= 11 is 1.43. The maximum absolute atomic E-state index is 13.7. The van der Waals surface area contributed by atoms with E-state index in [1.165, 1.54) is 23.9 Å². The maximum Gasteiger partial charge on any atom is 0.326 e. The molecule has 1 aromatic heterocycles. The number of phenolic OH excluding ortho intramolecular Hbond substituents is 1. The number of aliphatic carboxylic acids is 2. The van der Waals surface area contributed by atoms with Gasteiger partial charge in [-0.25, -0.2) is 4.79 Å². The van der Waals surface area contributed by atoms with Gasteiger partial charge in [-0.15, -0.1) is 0 Å². The Bertz CT molecular complexity index is 1460. The van der Waals surface area contributed by atoms with Crippen molar-refractivity contribution in [3.8, 4) is 5.75 Å². The first kappa shape index (κ1) is 33.9. The van der Waals surface area contributed by atoms with Gasteiger partial charge in [0.25, 0.3) is 0 Å². The number of hydrogen-bond acceptors (Lipinski definition) is 8. The molecule has 0 aliphatic carbocycles. The molecule has 0 fully saturated rings. The van der Waals surface area contributed by atoms with Crippen LogP contribution in [-0.4, -0.2) is 86.1 Å². The molecule has 4 unspecified atom stereocenters. The van der Waals surface area contributed by atoms with Crippen LogP contribution < -0.4 is 21.7 Å². The lowest BCUT2D eigenvalue weighted by molar-refractivity contribution is -0.142. The zero-order chi connectivity index (χ0) is 32.2. The highest BCUT2D eigenvalue weighted by molar-refractivity contribution is 7.98. The molecule has 236 valence electrons. The number of aromatic amines is 1. The Morgan fingerprint density at radius 2 is 1.48 bits per heavy atom. The first-order chi connectivity index (χ1) is 21.0. The van der Waals surface area contributed by atoms with E-state index < -0.39 is 53.8 Å². The van der Waals surface area contributed by atoms with Crippen molar-refractivity contribution in [2.24, 2.45) is 5.73 Å². The highest BCUT2D eigenvalue weighted by Gasteiger charge is 2.31. The summed E-state index contributed by atoms with van der Waals surface area (Å²) in [6.07, 6.45) is 3.20. The first-order valence-electron chi connectivity index (χ1n) is 13.9. The Morgan fingerprint density at radius 1 is 0.841 bits per heavy atom. The van der Waals surface area contributed by atoms with Crippen molar-refractivity contribution in [3.05, 3.63) is 65.9 Å². The third kappa shape index (κ3) is 10.0. The minimum Gasteiger partial charge on any atom is -0.508 e. The van der Waals surface area contributed by atoms with E-state index in [4.69, 9.17) is 10.8 Å². The van der Waals surface area contributed by atoms with E-state index in [1.807, 2.05) is 30.5 Å². The van der Waals surface area contributed by atoms with Crippen molar-refractivity contribution in [2.75, 3.05) is 12.0 Å². The Kier molecular flexibility index (Phi) is 12.6. The van der Waals surface area contributed by atoms with Gasteiger partial charge >= 0.3 is 11.9 Å². The van der Waals surface area contributed by atoms with E-state index in [1.54, 1.807) is 18.3 Å². The largest absolute Gasteiger partial charge is 0.508 e. The van der Waals surface area contributed by atoms with Crippen LogP contribution in [0.2, 0.25) is 0 Å². The number of H-pyrrole nitrogens is 1. The Morgan fingerprint density at radius 3 is 2.14 bits per heavy atom. The second-order valence-corrected chi connectivity index (χ2v) is 11.3. The van der Waals surface area contributed by atoms with Gasteiger partial charge in [-0.05, 0) is 54.2 Å². The van der Waals surface area contributed by atoms with Crippen molar-refractivity contribution in [3.63, 3.8) is 0 Å². The van der Waals surface area contributed by atoms with E-state index in [0.29, 0.717) is 16.9 Å². The third-order valence-electron chi connectivity index (χ3n) is 6.97. The number of rotatable bonds is 17. The topological polar surface area (TPSA) is 224 Å². The summed E-state index contributed by atoms with van der Waals surface area (Å²) in [6, 6.07) is 8.49. The first-order valence-corrected chi connectivity index (χ1v) is 15.3. The van der Waals surface area contributed by atoms with Crippen molar-refractivity contribution in [1.29, 1.82) is 0 Å². The number of thioether (sulfide) groups is 1. The predicted molar refractivity (Wildman–Crippen MR) is 165 cm³/mol. The monoisotopic (exact) mass is 627 g/mol. The summed E-state index contributed by atoms with van der Waals surface area (Å²) < 4.78 is 0. The molecule has 1 heterocycles. The number of carbonyl (C=O) groups is 5. The van der Waals surface area contributed by atoms with Crippen LogP contribution in [0.1, 0.15) is 30.4 Å². The fourth-order valence-electron chi connectivity index (χ4n) is 4.54. The Labute approximate surface area is 258 Å². The molecule has 0 radical (unpaired) electrons. The van der Waals surface area contributed by atoms with Crippen LogP contribution >= 0.6 is 11.8 Å². The van der Waals surface area contributed by atoms with E-state index in [-0.39, 0.29) is 37.9 Å². The quantitative estimate of drug-likeness (QED) is 0.107. The van der Waals surface area contributed by atoms with Crippen LogP contribution in [-0.2, 0) is 36.8 Å². The molecule has 44 heavy (non-hydrogen) atoms. The Hall–Kier alpha value is -4.56. The standard InChI is InChI=1S/C30H37N5O8S/c1-44-13-12-23(28(40)35-25(30(42)43)14-17-6-8-19(36)9-7-17)33-29(41)24(34-27(39)21(31)10-11-26(37)38)15-18-16-32-22-5-3-2-4-20(18)22/h2-9,16,21,23-25,32,36H,10-15,31H2,1H3,(H,33,41)(H,34,39)(H,35,40)(H,37,38)(H,42,43). The molecule has 4 atom stereocenters. The fourth-order valence-corrected chi connectivity index (χ4v) is 5.01. The lowest BCUT2D eigenvalue weighted by Gasteiger charge is -2.25. The van der Waals surface area contributed by atoms with Crippen LogP contribution in [0.5, 0.6) is 5.75 Å². The van der Waals surface area contributed by atoms with Gasteiger partial charge in [-0.2, -0.15) is 11.8 Å². The summed E-state index contributed by atoms with van der Waals surface area (Å²) in [5, 5.41) is 36.8. The molecule has 3 rings (SSSR count). The second kappa shape index (κ2) is 16.3. The minimum absolute atomic E-state index is 0.0154. The molecule has 0 spiro atoms. The minimum atomic E-state index is -1.31. The van der Waals surface area contributed by atoms with E-state index in [9.17, 15) is 34.2 Å². The number of para-hydroxylation sites is 1. The van der Waals surface area contributed by atoms with Gasteiger partial charge in [0.05, 0.1) is 6.04 Å². The zero-order valence-corrected chi connectivity index (χ0v) is 24.9. The molecule has 9 N–H and O–H groups in total. The van der Waals surface area contributed by atoms with Crippen LogP contribution in [0.15, 0.2) is 54.7 Å². The van der Waals surface area contributed by atoms with Gasteiger partial charge in [0, 0.05) is 36.4 Å². The van der Waals surface area contributed by atoms with Gasteiger partial charge in [0.1, 0.15) is 23.9 Å². The molecular formula is C30H37N5O8S. The summed E-state index contributed by atoms with van der Waals surface area (Å²) in [5.41, 5.74) is 8.00. The summed E-state index contributed by atoms with van der Waals surface area (Å²) in [7, 11) is 0. The lowest BCUT2D eigenvalue weighted by atomic mass is 10.0. The maximum atomic E-state index is 13.7. The molecular weight excluding hydrogens is 590 g/mol. The van der Waals surface area contributed by atoms with Gasteiger partial charge in [0.15, 0.2) is 0 Å². The van der Waals surface area contributed by atoms with Crippen LogP contribution in [0.25, 0.3) is 10.9 Å². The van der Waals surface area contributed by atoms with Crippen molar-refractivity contribution in [1.82, 2.24) is 20.9 Å². The number of benzene rings is 2. The van der Waals surface area contributed by atoms with Gasteiger partial charge in [0.2, 0.25) is 17.7 Å². The number of nitrogens with two attached hydrogens (primary N) is 1. The number of fused-ring (bicyclic) bond motifs is 1. The summed E-state index contributed by atoms with van der Waals surface area (Å²) in [6.45, 7) is 0. The number of amides is 3. The molecule has 0 saturated carbocycles. The van der Waals surface area contributed by atoms with Crippen molar-refractivity contribution >= 4 is 52.3 Å². The normalized spacial score (nSPS) is 13.8. The smallest absolute Gasteiger partial charge is 0.326 e. The highest BCUT2D eigenvalue weighted by atomic mass is 32.2. The number of carboxylic acids is 2. The van der Waals surface area contributed by atoms with Crippen LogP contribution in [0, 0.1) is 0 Å². The van der Waals surface area contributed by atoms with E-state index >= 15 is 0 Å². The molecule has 0 aliphatic heterocycles. The van der Waals surface area contributed by atoms with Gasteiger partial charge in [-0.3, -0.25) is 19.2 Å². The SMILES string of the molecule is CSCCC(NC(=O)C(Cc1c[nH]c2ccccc12)NC(=O)C(N)CCC(=O)O)C(=O)NC(Cc1ccc(O)cc1)C(=O)O. The van der Waals surface area contributed by atoms with Crippen LogP contribution in [0.3, 0.4) is 0 Å². The Balaban J connectivity index is 1.80.